The Balaban J connectivity index is 3.91. The van der Waals surface area contributed by atoms with Gasteiger partial charge in [0.2, 0.25) is 5.91 Å². The van der Waals surface area contributed by atoms with Crippen LogP contribution in [0.15, 0.2) is 0 Å². The van der Waals surface area contributed by atoms with Gasteiger partial charge in [0.15, 0.2) is 5.78 Å². The van der Waals surface area contributed by atoms with Crippen molar-refractivity contribution >= 4 is 17.5 Å². The highest BCUT2D eigenvalue weighted by atomic mass is 16.2. The van der Waals surface area contributed by atoms with Gasteiger partial charge < -0.3 is 10.1 Å². The second kappa shape index (κ2) is 6.29. The SMILES string of the molecule is CCC(NC(=O)CCC(C)=O)C(C)=O. The zero-order valence-corrected chi connectivity index (χ0v) is 8.92. The van der Waals surface area contributed by atoms with Gasteiger partial charge in [0.1, 0.15) is 5.78 Å². The first kappa shape index (κ1) is 12.8. The van der Waals surface area contributed by atoms with Gasteiger partial charge in [-0.1, -0.05) is 6.92 Å². The van der Waals surface area contributed by atoms with Gasteiger partial charge in [0, 0.05) is 12.8 Å². The van der Waals surface area contributed by atoms with Crippen LogP contribution in [0.1, 0.15) is 40.0 Å². The summed E-state index contributed by atoms with van der Waals surface area (Å²) in [5.74, 6) is -0.304. The van der Waals surface area contributed by atoms with Crippen LogP contribution in [0, 0.1) is 0 Å². The normalized spacial score (nSPS) is 11.9. The monoisotopic (exact) mass is 199 g/mol. The third kappa shape index (κ3) is 5.45. The van der Waals surface area contributed by atoms with E-state index in [1.807, 2.05) is 6.92 Å². The van der Waals surface area contributed by atoms with Crippen LogP contribution < -0.4 is 5.32 Å². The van der Waals surface area contributed by atoms with E-state index in [1.54, 1.807) is 0 Å². The third-order valence-corrected chi connectivity index (χ3v) is 1.94. The molecule has 80 valence electrons. The minimum absolute atomic E-state index is 0.0176. The molecule has 0 radical (unpaired) electrons. The number of Topliss-reactive ketones (excluding diaryl/α,β-unsaturated/α-hetero) is 2. The van der Waals surface area contributed by atoms with Gasteiger partial charge in [-0.2, -0.15) is 0 Å². The first-order valence-electron chi connectivity index (χ1n) is 4.76. The van der Waals surface area contributed by atoms with Crippen LogP contribution in [0.25, 0.3) is 0 Å². The van der Waals surface area contributed by atoms with Crippen molar-refractivity contribution in [3.63, 3.8) is 0 Å². The summed E-state index contributed by atoms with van der Waals surface area (Å²) in [6, 6.07) is -0.408. The molecule has 4 heteroatoms. The van der Waals surface area contributed by atoms with Crippen LogP contribution in [0.5, 0.6) is 0 Å². The summed E-state index contributed by atoms with van der Waals surface area (Å²) in [6.45, 7) is 4.71. The molecule has 1 amide bonds. The Morgan fingerprint density at radius 1 is 1.14 bits per heavy atom. The number of rotatable bonds is 6. The van der Waals surface area contributed by atoms with Crippen LogP contribution in [-0.2, 0) is 14.4 Å². The Labute approximate surface area is 84.1 Å². The van der Waals surface area contributed by atoms with Gasteiger partial charge in [-0.25, -0.2) is 0 Å². The average Bonchev–Trinajstić information content (AvgIpc) is 2.10. The van der Waals surface area contributed by atoms with E-state index in [-0.39, 0.29) is 30.3 Å². The molecule has 0 spiro atoms. The molecule has 0 fully saturated rings. The molecule has 0 heterocycles. The largest absolute Gasteiger partial charge is 0.346 e. The Morgan fingerprint density at radius 2 is 1.71 bits per heavy atom. The topological polar surface area (TPSA) is 63.2 Å². The fraction of sp³-hybridized carbons (Fsp3) is 0.700. The molecule has 0 bridgehead atoms. The Morgan fingerprint density at radius 3 is 2.07 bits per heavy atom. The lowest BCUT2D eigenvalue weighted by atomic mass is 10.1. The maximum Gasteiger partial charge on any atom is 0.221 e. The van der Waals surface area contributed by atoms with E-state index in [2.05, 4.69) is 5.32 Å². The molecule has 4 nitrogen and oxygen atoms in total. The third-order valence-electron chi connectivity index (χ3n) is 1.94. The molecule has 1 unspecified atom stereocenters. The Kier molecular flexibility index (Phi) is 5.76. The molecule has 1 N–H and O–H groups in total. The summed E-state index contributed by atoms with van der Waals surface area (Å²) in [6.07, 6.45) is 0.987. The van der Waals surface area contributed by atoms with Crippen molar-refractivity contribution in [2.45, 2.75) is 46.1 Å². The molecule has 0 aliphatic rings. The minimum atomic E-state index is -0.408. The van der Waals surface area contributed by atoms with E-state index in [0.29, 0.717) is 6.42 Å². The second-order valence-electron chi connectivity index (χ2n) is 3.34. The van der Waals surface area contributed by atoms with Crippen LogP contribution in [0.3, 0.4) is 0 Å². The van der Waals surface area contributed by atoms with E-state index in [9.17, 15) is 14.4 Å². The first-order valence-corrected chi connectivity index (χ1v) is 4.76. The maximum absolute atomic E-state index is 11.2. The fourth-order valence-electron chi connectivity index (χ4n) is 1.05. The summed E-state index contributed by atoms with van der Waals surface area (Å²) < 4.78 is 0. The van der Waals surface area contributed by atoms with Crippen molar-refractivity contribution in [3.8, 4) is 0 Å². The van der Waals surface area contributed by atoms with Crippen molar-refractivity contribution in [2.24, 2.45) is 0 Å². The van der Waals surface area contributed by atoms with E-state index in [0.717, 1.165) is 0 Å². The quantitative estimate of drug-likeness (QED) is 0.689. The summed E-state index contributed by atoms with van der Waals surface area (Å²) in [5, 5.41) is 2.58. The first-order chi connectivity index (χ1) is 6.47. The highest BCUT2D eigenvalue weighted by Gasteiger charge is 2.14. The molecule has 0 aliphatic carbocycles. The molecule has 0 aliphatic heterocycles. The van der Waals surface area contributed by atoms with E-state index in [4.69, 9.17) is 0 Å². The average molecular weight is 199 g/mol. The van der Waals surface area contributed by atoms with Crippen molar-refractivity contribution in [2.75, 3.05) is 0 Å². The Bertz CT molecular complexity index is 236. The zero-order valence-electron chi connectivity index (χ0n) is 8.92. The standard InChI is InChI=1S/C10H17NO3/c1-4-9(8(3)13)11-10(14)6-5-7(2)12/h9H,4-6H2,1-3H3,(H,11,14). The predicted molar refractivity (Wildman–Crippen MR) is 52.8 cm³/mol. The summed E-state index contributed by atoms with van der Waals surface area (Å²) in [7, 11) is 0. The number of carbonyl (C=O) groups is 3. The molecule has 0 aromatic heterocycles. The summed E-state index contributed by atoms with van der Waals surface area (Å²) in [4.78, 5) is 32.8. The molecular weight excluding hydrogens is 182 g/mol. The summed E-state index contributed by atoms with van der Waals surface area (Å²) >= 11 is 0. The number of carbonyl (C=O) groups excluding carboxylic acids is 3. The number of hydrogen-bond acceptors (Lipinski definition) is 3. The van der Waals surface area contributed by atoms with Crippen LogP contribution in [-0.4, -0.2) is 23.5 Å². The van der Waals surface area contributed by atoms with E-state index in [1.165, 1.54) is 13.8 Å². The van der Waals surface area contributed by atoms with Crippen LogP contribution >= 0.6 is 0 Å². The molecule has 14 heavy (non-hydrogen) atoms. The van der Waals surface area contributed by atoms with E-state index < -0.39 is 6.04 Å². The molecule has 0 saturated heterocycles. The molecule has 0 aromatic carbocycles. The van der Waals surface area contributed by atoms with Gasteiger partial charge in [-0.15, -0.1) is 0 Å². The van der Waals surface area contributed by atoms with Crippen molar-refractivity contribution in [1.29, 1.82) is 0 Å². The molecular formula is C10H17NO3. The fourth-order valence-corrected chi connectivity index (χ4v) is 1.05. The summed E-state index contributed by atoms with van der Waals surface area (Å²) in [5.41, 5.74) is 0. The second-order valence-corrected chi connectivity index (χ2v) is 3.34. The molecule has 1 atom stereocenters. The van der Waals surface area contributed by atoms with Crippen molar-refractivity contribution in [1.82, 2.24) is 5.32 Å². The highest BCUT2D eigenvalue weighted by molar-refractivity contribution is 5.89. The van der Waals surface area contributed by atoms with Crippen molar-refractivity contribution in [3.05, 3.63) is 0 Å². The van der Waals surface area contributed by atoms with Gasteiger partial charge >= 0.3 is 0 Å². The molecule has 0 saturated carbocycles. The minimum Gasteiger partial charge on any atom is -0.346 e. The van der Waals surface area contributed by atoms with Gasteiger partial charge in [-0.05, 0) is 20.3 Å². The van der Waals surface area contributed by atoms with Crippen molar-refractivity contribution < 1.29 is 14.4 Å². The Hall–Kier alpha value is -1.19. The lowest BCUT2D eigenvalue weighted by molar-refractivity contribution is -0.128. The molecule has 0 aromatic rings. The van der Waals surface area contributed by atoms with Gasteiger partial charge in [0.05, 0.1) is 6.04 Å². The number of hydrogen-bond donors (Lipinski definition) is 1. The lowest BCUT2D eigenvalue weighted by Crippen LogP contribution is -2.39. The number of amides is 1. The van der Waals surface area contributed by atoms with Crippen LogP contribution in [0.4, 0.5) is 0 Å². The smallest absolute Gasteiger partial charge is 0.221 e. The number of nitrogens with one attached hydrogen (secondary N) is 1. The zero-order chi connectivity index (χ0) is 11.1. The lowest BCUT2D eigenvalue weighted by Gasteiger charge is -2.12. The number of ketones is 2. The van der Waals surface area contributed by atoms with Crippen LogP contribution in [0.2, 0.25) is 0 Å². The highest BCUT2D eigenvalue weighted by Crippen LogP contribution is 1.96. The molecule has 0 rings (SSSR count). The van der Waals surface area contributed by atoms with Gasteiger partial charge in [-0.3, -0.25) is 9.59 Å². The predicted octanol–water partition coefficient (Wildman–Crippen LogP) is 0.839. The van der Waals surface area contributed by atoms with E-state index >= 15 is 0 Å². The maximum atomic E-state index is 11.2. The van der Waals surface area contributed by atoms with Gasteiger partial charge in [0.25, 0.3) is 0 Å².